The van der Waals surface area contributed by atoms with Gasteiger partial charge < -0.3 is 15.3 Å². The van der Waals surface area contributed by atoms with Crippen molar-refractivity contribution in [2.75, 3.05) is 7.05 Å². The minimum atomic E-state index is -1.33. The molecule has 5 N–H and O–H groups in total. The number of thioether (sulfide) groups is 1. The Morgan fingerprint density at radius 2 is 1.81 bits per heavy atom. The van der Waals surface area contributed by atoms with Crippen LogP contribution in [0.5, 0.6) is 5.75 Å². The first kappa shape index (κ1) is 23.2. The third-order valence-electron chi connectivity index (χ3n) is 5.46. The van der Waals surface area contributed by atoms with Gasteiger partial charge in [-0.3, -0.25) is 15.9 Å². The van der Waals surface area contributed by atoms with Gasteiger partial charge in [0.05, 0.1) is 11.8 Å². The topological polar surface area (TPSA) is 112 Å². The Morgan fingerprint density at radius 1 is 1.19 bits per heavy atom. The monoisotopic (exact) mass is 450 g/mol. The van der Waals surface area contributed by atoms with E-state index in [1.54, 1.807) is 11.9 Å². The number of benzene rings is 1. The van der Waals surface area contributed by atoms with Crippen molar-refractivity contribution >= 4 is 22.0 Å². The second-order valence-corrected chi connectivity index (χ2v) is 10.2. The van der Waals surface area contributed by atoms with E-state index in [4.69, 9.17) is 10.8 Å². The fourth-order valence-electron chi connectivity index (χ4n) is 4.36. The Hall–Kier alpha value is -2.46. The van der Waals surface area contributed by atoms with Gasteiger partial charge in [0.25, 0.3) is 0 Å². The zero-order valence-corrected chi connectivity index (χ0v) is 19.0. The smallest absolute Gasteiger partial charge is 0.173 e. The van der Waals surface area contributed by atoms with Crippen molar-refractivity contribution in [2.24, 2.45) is 0 Å². The molecule has 1 saturated heterocycles. The molecule has 1 aromatic carbocycles. The molecule has 168 valence electrons. The number of hydrogen-bond donors (Lipinski definition) is 5. The van der Waals surface area contributed by atoms with E-state index in [-0.39, 0.29) is 33.4 Å². The molecule has 1 aliphatic rings. The van der Waals surface area contributed by atoms with Crippen molar-refractivity contribution in [3.8, 4) is 16.9 Å². The van der Waals surface area contributed by atoms with Gasteiger partial charge in [0.1, 0.15) is 10.8 Å². The van der Waals surface area contributed by atoms with Gasteiger partial charge in [-0.2, -0.15) is 5.10 Å². The molecule has 1 aromatic heterocycles. The summed E-state index contributed by atoms with van der Waals surface area (Å²) in [5, 5.41) is 36.4. The first-order valence-corrected chi connectivity index (χ1v) is 10.7. The molecule has 0 unspecified atom stereocenters. The predicted molar refractivity (Wildman–Crippen MR) is 120 cm³/mol. The highest BCUT2D eigenvalue weighted by Gasteiger charge is 2.40. The quantitative estimate of drug-likeness (QED) is 0.354. The van der Waals surface area contributed by atoms with Crippen LogP contribution in [0.3, 0.4) is 0 Å². The molecule has 0 spiro atoms. The van der Waals surface area contributed by atoms with Crippen LogP contribution in [-0.2, 0) is 0 Å². The van der Waals surface area contributed by atoms with E-state index in [2.05, 4.69) is 43.2 Å². The Balaban J connectivity index is 1.80. The SMILES string of the molecule is CN(C(=N)SC(=N)c1c(O)cc(-c2cn[nH]c2)c(F)c1F)C1CC(C)(C)NC(C)(C)C1. The molecule has 0 aliphatic carbocycles. The summed E-state index contributed by atoms with van der Waals surface area (Å²) in [5.41, 5.74) is -0.693. The van der Waals surface area contributed by atoms with Crippen LogP contribution in [0.15, 0.2) is 18.5 Å². The zero-order valence-electron chi connectivity index (χ0n) is 18.2. The number of halogens is 2. The fraction of sp³-hybridized carbons (Fsp3) is 0.476. The number of phenols is 1. The molecule has 1 aliphatic heterocycles. The molecule has 0 saturated carbocycles. The Morgan fingerprint density at radius 3 is 2.35 bits per heavy atom. The molecule has 0 atom stereocenters. The average molecular weight is 451 g/mol. The Labute approximate surface area is 184 Å². The number of nitrogens with zero attached hydrogens (tertiary/aromatic N) is 2. The van der Waals surface area contributed by atoms with Crippen molar-refractivity contribution in [3.05, 3.63) is 35.7 Å². The average Bonchev–Trinajstić information content (AvgIpc) is 3.16. The first-order valence-electron chi connectivity index (χ1n) is 9.89. The molecule has 31 heavy (non-hydrogen) atoms. The van der Waals surface area contributed by atoms with Crippen LogP contribution in [0.2, 0.25) is 0 Å². The maximum Gasteiger partial charge on any atom is 0.173 e. The number of nitrogens with one attached hydrogen (secondary N) is 4. The van der Waals surface area contributed by atoms with E-state index in [0.717, 1.165) is 18.9 Å². The Kier molecular flexibility index (Phi) is 6.16. The number of hydrogen-bond acceptors (Lipinski definition) is 6. The highest BCUT2D eigenvalue weighted by Crippen LogP contribution is 2.36. The summed E-state index contributed by atoms with van der Waals surface area (Å²) in [7, 11) is 1.77. The second kappa shape index (κ2) is 8.23. The maximum atomic E-state index is 14.8. The summed E-state index contributed by atoms with van der Waals surface area (Å²) in [6, 6.07) is 1.11. The van der Waals surface area contributed by atoms with E-state index in [9.17, 15) is 13.9 Å². The van der Waals surface area contributed by atoms with Crippen LogP contribution in [0, 0.1) is 22.5 Å². The molecular weight excluding hydrogens is 422 g/mol. The lowest BCUT2D eigenvalue weighted by atomic mass is 9.79. The number of piperidine rings is 1. The lowest BCUT2D eigenvalue weighted by molar-refractivity contribution is 0.114. The lowest BCUT2D eigenvalue weighted by Crippen LogP contribution is -2.62. The molecule has 0 radical (unpaired) electrons. The number of H-pyrrole nitrogens is 1. The normalized spacial score (nSPS) is 18.0. The van der Waals surface area contributed by atoms with E-state index < -0.39 is 28.0 Å². The van der Waals surface area contributed by atoms with Crippen molar-refractivity contribution in [1.82, 2.24) is 20.4 Å². The van der Waals surface area contributed by atoms with E-state index in [1.807, 2.05) is 0 Å². The number of aromatic amines is 1. The fourth-order valence-corrected chi connectivity index (χ4v) is 5.15. The Bertz CT molecular complexity index is 990. The van der Waals surface area contributed by atoms with E-state index in [1.165, 1.54) is 12.4 Å². The van der Waals surface area contributed by atoms with Gasteiger partial charge in [0.2, 0.25) is 0 Å². The van der Waals surface area contributed by atoms with Crippen LogP contribution in [0.1, 0.15) is 46.1 Å². The van der Waals surface area contributed by atoms with Crippen LogP contribution in [0.4, 0.5) is 8.78 Å². The lowest BCUT2D eigenvalue weighted by Gasteiger charge is -2.49. The minimum absolute atomic E-state index is 0.0293. The van der Waals surface area contributed by atoms with Gasteiger partial charge in [0, 0.05) is 41.5 Å². The zero-order chi connectivity index (χ0) is 23.1. The van der Waals surface area contributed by atoms with Gasteiger partial charge in [-0.1, -0.05) is 0 Å². The minimum Gasteiger partial charge on any atom is -0.507 e. The molecule has 1 fully saturated rings. The van der Waals surface area contributed by atoms with Crippen LogP contribution >= 0.6 is 11.8 Å². The number of aromatic nitrogens is 2. The van der Waals surface area contributed by atoms with Crippen molar-refractivity contribution in [1.29, 1.82) is 10.8 Å². The molecule has 7 nitrogen and oxygen atoms in total. The van der Waals surface area contributed by atoms with Crippen molar-refractivity contribution in [2.45, 2.75) is 57.7 Å². The number of rotatable bonds is 3. The van der Waals surface area contributed by atoms with Crippen molar-refractivity contribution in [3.63, 3.8) is 0 Å². The third-order valence-corrected chi connectivity index (χ3v) is 6.35. The third kappa shape index (κ3) is 4.90. The first-order chi connectivity index (χ1) is 14.3. The summed E-state index contributed by atoms with van der Waals surface area (Å²) in [5.74, 6) is -3.07. The molecular formula is C21H28F2N6OS. The molecule has 0 amide bonds. The molecule has 3 rings (SSSR count). The van der Waals surface area contributed by atoms with Gasteiger partial charge in [-0.05, 0) is 58.4 Å². The summed E-state index contributed by atoms with van der Waals surface area (Å²) < 4.78 is 29.4. The largest absolute Gasteiger partial charge is 0.507 e. The van der Waals surface area contributed by atoms with Gasteiger partial charge >= 0.3 is 0 Å². The summed E-state index contributed by atoms with van der Waals surface area (Å²) in [6.45, 7) is 8.41. The summed E-state index contributed by atoms with van der Waals surface area (Å²) >= 11 is 0.682. The molecule has 2 heterocycles. The predicted octanol–water partition coefficient (Wildman–Crippen LogP) is 4.29. The standard InChI is InChI=1S/C21H28F2N6OS/c1-20(2)7-12(8-21(3,4)28-20)29(5)19(25)31-18(24)15-14(30)6-13(16(22)17(15)23)11-9-26-27-10-11/h6,9-10,12,24-25,28,30H,7-8H2,1-5H3,(H,26,27). The molecule has 2 aromatic rings. The number of phenolic OH excluding ortho intramolecular Hbond substituents is 1. The van der Waals surface area contributed by atoms with Crippen LogP contribution in [0.25, 0.3) is 11.1 Å². The second-order valence-electron chi connectivity index (χ2n) is 9.24. The highest BCUT2D eigenvalue weighted by atomic mass is 32.2. The van der Waals surface area contributed by atoms with Gasteiger partial charge in [-0.15, -0.1) is 0 Å². The van der Waals surface area contributed by atoms with Crippen LogP contribution < -0.4 is 5.32 Å². The van der Waals surface area contributed by atoms with E-state index in [0.29, 0.717) is 11.8 Å². The van der Waals surface area contributed by atoms with Crippen molar-refractivity contribution < 1.29 is 13.9 Å². The van der Waals surface area contributed by atoms with Gasteiger partial charge in [0.15, 0.2) is 16.8 Å². The maximum absolute atomic E-state index is 14.8. The number of amidine groups is 1. The number of aromatic hydroxyl groups is 1. The molecule has 0 bridgehead atoms. The summed E-state index contributed by atoms with van der Waals surface area (Å²) in [4.78, 5) is 1.76. The van der Waals surface area contributed by atoms with Crippen LogP contribution in [-0.4, -0.2) is 54.6 Å². The molecule has 10 heteroatoms. The highest BCUT2D eigenvalue weighted by molar-refractivity contribution is 8.26. The summed E-state index contributed by atoms with van der Waals surface area (Å²) in [6.07, 6.45) is 4.26. The van der Waals surface area contributed by atoms with E-state index >= 15 is 0 Å². The van der Waals surface area contributed by atoms with Gasteiger partial charge in [-0.25, -0.2) is 8.78 Å².